The number of aliphatic hydroxyl groups is 2. The topological polar surface area (TPSA) is 58.9 Å². The molecule has 100 valence electrons. The molecule has 1 aliphatic heterocycles. The van der Waals surface area contributed by atoms with Crippen LogP contribution < -0.4 is 0 Å². The molecule has 2 N–H and O–H groups in total. The Labute approximate surface area is 107 Å². The Morgan fingerprint density at radius 2 is 2.06 bits per heavy atom. The van der Waals surface area contributed by atoms with E-state index in [-0.39, 0.29) is 30.1 Å². The van der Waals surface area contributed by atoms with Gasteiger partial charge < -0.3 is 19.7 Å². The number of rotatable bonds is 1. The monoisotopic (exact) mass is 252 g/mol. The van der Waals surface area contributed by atoms with Crippen molar-refractivity contribution in [3.05, 3.63) is 12.2 Å². The van der Waals surface area contributed by atoms with E-state index >= 15 is 0 Å². The van der Waals surface area contributed by atoms with E-state index in [1.54, 1.807) is 0 Å². The quantitative estimate of drug-likeness (QED) is 0.674. The molecule has 7 atom stereocenters. The minimum Gasteiger partial charge on any atom is -0.396 e. The highest BCUT2D eigenvalue weighted by Crippen LogP contribution is 2.66. The van der Waals surface area contributed by atoms with Gasteiger partial charge in [0.15, 0.2) is 5.79 Å². The van der Waals surface area contributed by atoms with E-state index in [0.717, 1.165) is 6.42 Å². The molecule has 0 aromatic carbocycles. The maximum atomic E-state index is 10.6. The van der Waals surface area contributed by atoms with Crippen molar-refractivity contribution in [3.8, 4) is 0 Å². The summed E-state index contributed by atoms with van der Waals surface area (Å²) in [7, 11) is 0. The number of hydrogen-bond acceptors (Lipinski definition) is 4. The van der Waals surface area contributed by atoms with Gasteiger partial charge in [0, 0.05) is 11.3 Å². The van der Waals surface area contributed by atoms with Gasteiger partial charge >= 0.3 is 0 Å². The van der Waals surface area contributed by atoms with Gasteiger partial charge in [-0.2, -0.15) is 0 Å². The smallest absolute Gasteiger partial charge is 0.163 e. The van der Waals surface area contributed by atoms with Gasteiger partial charge in [0.25, 0.3) is 0 Å². The van der Waals surface area contributed by atoms with Crippen molar-refractivity contribution in [2.75, 3.05) is 6.61 Å². The molecule has 3 fully saturated rings. The zero-order valence-electron chi connectivity index (χ0n) is 10.7. The van der Waals surface area contributed by atoms with Crippen LogP contribution in [0.3, 0.4) is 0 Å². The van der Waals surface area contributed by atoms with Crippen molar-refractivity contribution in [1.82, 2.24) is 0 Å². The molecule has 0 radical (unpaired) electrons. The van der Waals surface area contributed by atoms with Crippen LogP contribution in [0, 0.1) is 23.2 Å². The Hall–Kier alpha value is -0.420. The zero-order valence-corrected chi connectivity index (χ0v) is 10.7. The third-order valence-corrected chi connectivity index (χ3v) is 5.53. The molecule has 2 bridgehead atoms. The average Bonchev–Trinajstić information content (AvgIpc) is 3.00. The summed E-state index contributed by atoms with van der Waals surface area (Å²) in [6, 6.07) is 0. The predicted octanol–water partition coefficient (Wildman–Crippen LogP) is 0.682. The van der Waals surface area contributed by atoms with E-state index in [1.807, 2.05) is 13.8 Å². The molecule has 3 aliphatic carbocycles. The van der Waals surface area contributed by atoms with Gasteiger partial charge in [-0.25, -0.2) is 0 Å². The molecule has 18 heavy (non-hydrogen) atoms. The van der Waals surface area contributed by atoms with E-state index in [9.17, 15) is 10.2 Å². The molecule has 4 heteroatoms. The van der Waals surface area contributed by atoms with E-state index in [2.05, 4.69) is 12.2 Å². The molecule has 0 aromatic rings. The molecule has 1 heterocycles. The maximum absolute atomic E-state index is 10.6. The third-order valence-electron chi connectivity index (χ3n) is 5.53. The van der Waals surface area contributed by atoms with Gasteiger partial charge in [-0.15, -0.1) is 0 Å². The Morgan fingerprint density at radius 1 is 1.28 bits per heavy atom. The van der Waals surface area contributed by atoms with Gasteiger partial charge in [0.1, 0.15) is 6.10 Å². The average molecular weight is 252 g/mol. The minimum absolute atomic E-state index is 0.0703. The number of aliphatic hydroxyl groups excluding tert-OH is 2. The van der Waals surface area contributed by atoms with Crippen molar-refractivity contribution in [2.45, 2.75) is 44.4 Å². The first kappa shape index (κ1) is 11.4. The van der Waals surface area contributed by atoms with E-state index in [0.29, 0.717) is 11.8 Å². The lowest BCUT2D eigenvalue weighted by Gasteiger charge is -2.40. The summed E-state index contributed by atoms with van der Waals surface area (Å²) < 4.78 is 11.9. The first-order chi connectivity index (χ1) is 8.49. The van der Waals surface area contributed by atoms with Gasteiger partial charge in [-0.1, -0.05) is 12.2 Å². The van der Waals surface area contributed by atoms with Crippen LogP contribution in [0.2, 0.25) is 0 Å². The molecule has 4 aliphatic rings. The molecule has 4 rings (SSSR count). The fourth-order valence-corrected chi connectivity index (χ4v) is 4.98. The van der Waals surface area contributed by atoms with Gasteiger partial charge in [-0.3, -0.25) is 0 Å². The van der Waals surface area contributed by atoms with Crippen LogP contribution in [0.15, 0.2) is 12.2 Å². The van der Waals surface area contributed by atoms with Gasteiger partial charge in [0.2, 0.25) is 0 Å². The van der Waals surface area contributed by atoms with Crippen LogP contribution in [0.5, 0.6) is 0 Å². The minimum atomic E-state index is -0.658. The largest absolute Gasteiger partial charge is 0.396 e. The summed E-state index contributed by atoms with van der Waals surface area (Å²) in [6.07, 6.45) is 4.43. The molecule has 0 amide bonds. The summed E-state index contributed by atoms with van der Waals surface area (Å²) in [6.45, 7) is 3.82. The summed E-state index contributed by atoms with van der Waals surface area (Å²) in [4.78, 5) is 0. The predicted molar refractivity (Wildman–Crippen MR) is 63.6 cm³/mol. The van der Waals surface area contributed by atoms with Crippen molar-refractivity contribution < 1.29 is 19.7 Å². The number of hydrogen-bond donors (Lipinski definition) is 2. The Balaban J connectivity index is 1.81. The molecule has 0 aromatic heterocycles. The molecular formula is C14H20O4. The number of ether oxygens (including phenoxy) is 2. The van der Waals surface area contributed by atoms with Crippen LogP contribution in [-0.4, -0.2) is 40.9 Å². The van der Waals surface area contributed by atoms with E-state index in [1.165, 1.54) is 0 Å². The van der Waals surface area contributed by atoms with Crippen molar-refractivity contribution in [1.29, 1.82) is 0 Å². The molecular weight excluding hydrogens is 232 g/mol. The van der Waals surface area contributed by atoms with Crippen LogP contribution >= 0.6 is 0 Å². The number of fused-ring (bicyclic) bond motifs is 7. The molecule has 2 saturated carbocycles. The van der Waals surface area contributed by atoms with Gasteiger partial charge in [0.05, 0.1) is 18.8 Å². The van der Waals surface area contributed by atoms with E-state index < -0.39 is 11.9 Å². The molecule has 4 nitrogen and oxygen atoms in total. The standard InChI is InChI=1S/C14H20O4/c1-13(2)17-11-10(16)9-7-3-4-8(5-7)14(9,6-15)12(11)18-13/h3-4,7-12,15-16H,5-6H2,1-2H3/t7?,8?,9?,10?,11-,12-,14-/m1/s1. The maximum Gasteiger partial charge on any atom is 0.163 e. The lowest BCUT2D eigenvalue weighted by atomic mass is 9.69. The fourth-order valence-electron chi connectivity index (χ4n) is 4.98. The van der Waals surface area contributed by atoms with Crippen molar-refractivity contribution >= 4 is 0 Å². The van der Waals surface area contributed by atoms with E-state index in [4.69, 9.17) is 9.47 Å². The number of allylic oxidation sites excluding steroid dienone is 2. The Bertz CT molecular complexity index is 418. The fraction of sp³-hybridized carbons (Fsp3) is 0.857. The molecule has 1 saturated heterocycles. The Morgan fingerprint density at radius 3 is 2.78 bits per heavy atom. The van der Waals surface area contributed by atoms with Crippen LogP contribution in [0.25, 0.3) is 0 Å². The SMILES string of the molecule is CC1(C)O[C@@H]2C(O)C3C4C=CC(C4)[C@@]3(CO)[C@@H]2O1. The van der Waals surface area contributed by atoms with Crippen LogP contribution in [0.1, 0.15) is 20.3 Å². The van der Waals surface area contributed by atoms with Crippen LogP contribution in [-0.2, 0) is 9.47 Å². The van der Waals surface area contributed by atoms with Gasteiger partial charge in [-0.05, 0) is 32.1 Å². The molecule has 0 spiro atoms. The third kappa shape index (κ3) is 1.07. The van der Waals surface area contributed by atoms with Crippen molar-refractivity contribution in [2.24, 2.45) is 23.2 Å². The first-order valence-corrected chi connectivity index (χ1v) is 6.82. The Kier molecular flexibility index (Phi) is 2.02. The normalized spacial score (nSPS) is 59.1. The van der Waals surface area contributed by atoms with Crippen LogP contribution in [0.4, 0.5) is 0 Å². The summed E-state index contributed by atoms with van der Waals surface area (Å²) in [5.74, 6) is 0.121. The highest BCUT2D eigenvalue weighted by Gasteiger charge is 2.73. The summed E-state index contributed by atoms with van der Waals surface area (Å²) in [5, 5.41) is 20.6. The lowest BCUT2D eigenvalue weighted by Crippen LogP contribution is -2.46. The molecule has 4 unspecified atom stereocenters. The highest BCUT2D eigenvalue weighted by molar-refractivity contribution is 5.28. The second-order valence-electron chi connectivity index (χ2n) is 6.70. The van der Waals surface area contributed by atoms with Crippen molar-refractivity contribution in [3.63, 3.8) is 0 Å². The lowest BCUT2D eigenvalue weighted by molar-refractivity contribution is -0.191. The summed E-state index contributed by atoms with van der Waals surface area (Å²) in [5.41, 5.74) is -0.336. The second-order valence-corrected chi connectivity index (χ2v) is 6.70. The highest BCUT2D eigenvalue weighted by atomic mass is 16.8. The zero-order chi connectivity index (χ0) is 12.7. The second kappa shape index (κ2) is 3.18. The first-order valence-electron chi connectivity index (χ1n) is 6.82. The summed E-state index contributed by atoms with van der Waals surface area (Å²) >= 11 is 0.